The van der Waals surface area contributed by atoms with Crippen LogP contribution in [0.5, 0.6) is 0 Å². The summed E-state index contributed by atoms with van der Waals surface area (Å²) >= 11 is 0. The number of carbonyl (C=O) groups is 1. The molecule has 0 aliphatic heterocycles. The Morgan fingerprint density at radius 3 is 2.23 bits per heavy atom. The Morgan fingerprint density at radius 1 is 1.38 bits per heavy atom. The monoisotopic (exact) mass is 182 g/mol. The fraction of sp³-hybridized carbons (Fsp3) is 0.750. The van der Waals surface area contributed by atoms with Gasteiger partial charge in [0.15, 0.2) is 0 Å². The van der Waals surface area contributed by atoms with Gasteiger partial charge >= 0.3 is 0 Å². The Kier molecular flexibility index (Phi) is 5.68. The first-order valence-electron chi connectivity index (χ1n) is 5.17. The lowest BCUT2D eigenvalue weighted by atomic mass is 9.91. The largest absolute Gasteiger partial charge is 0.300 e. The van der Waals surface area contributed by atoms with Gasteiger partial charge in [-0.2, -0.15) is 0 Å². The van der Waals surface area contributed by atoms with Crippen LogP contribution >= 0.6 is 0 Å². The minimum Gasteiger partial charge on any atom is -0.300 e. The smallest absolute Gasteiger partial charge is 0.132 e. The highest BCUT2D eigenvalue weighted by molar-refractivity contribution is 5.78. The minimum absolute atomic E-state index is 0.246. The third kappa shape index (κ3) is 4.87. The van der Waals surface area contributed by atoms with Crippen molar-refractivity contribution >= 4 is 5.78 Å². The first-order chi connectivity index (χ1) is 5.99. The molecule has 1 heteroatoms. The molecule has 0 saturated heterocycles. The highest BCUT2D eigenvalue weighted by atomic mass is 16.1. The number of Topliss-reactive ketones (excluding diaryl/α,β-unsaturated/α-hetero) is 1. The van der Waals surface area contributed by atoms with Crippen molar-refractivity contribution < 1.29 is 4.79 Å². The van der Waals surface area contributed by atoms with E-state index in [0.717, 1.165) is 19.3 Å². The van der Waals surface area contributed by atoms with Crippen LogP contribution in [0.4, 0.5) is 0 Å². The molecule has 0 N–H and O–H groups in total. The zero-order valence-corrected chi connectivity index (χ0v) is 9.39. The predicted molar refractivity (Wildman–Crippen MR) is 57.7 cm³/mol. The van der Waals surface area contributed by atoms with Gasteiger partial charge in [0.25, 0.3) is 0 Å². The molecule has 0 heterocycles. The summed E-state index contributed by atoms with van der Waals surface area (Å²) in [6.07, 6.45) is 2.93. The van der Waals surface area contributed by atoms with Gasteiger partial charge in [0.2, 0.25) is 0 Å². The highest BCUT2D eigenvalue weighted by Gasteiger charge is 2.12. The Balaban J connectivity index is 3.85. The van der Waals surface area contributed by atoms with Gasteiger partial charge in [-0.3, -0.25) is 4.79 Å². The van der Waals surface area contributed by atoms with E-state index in [2.05, 4.69) is 27.4 Å². The Morgan fingerprint density at radius 2 is 1.92 bits per heavy atom. The Hall–Kier alpha value is -0.590. The molecule has 13 heavy (non-hydrogen) atoms. The molecule has 0 bridgehead atoms. The quantitative estimate of drug-likeness (QED) is 0.574. The van der Waals surface area contributed by atoms with Gasteiger partial charge in [-0.05, 0) is 32.1 Å². The molecule has 0 fully saturated rings. The number of hydrogen-bond donors (Lipinski definition) is 0. The van der Waals surface area contributed by atoms with Crippen LogP contribution in [-0.2, 0) is 4.79 Å². The molecular formula is C12H22O. The Labute approximate surface area is 82.2 Å². The molecule has 0 aromatic carbocycles. The normalized spacial score (nSPS) is 13.0. The van der Waals surface area contributed by atoms with Gasteiger partial charge < -0.3 is 0 Å². The molecule has 0 saturated carbocycles. The average molecular weight is 182 g/mol. The van der Waals surface area contributed by atoms with Crippen molar-refractivity contribution in [1.82, 2.24) is 0 Å². The van der Waals surface area contributed by atoms with E-state index in [-0.39, 0.29) is 5.92 Å². The van der Waals surface area contributed by atoms with Crippen molar-refractivity contribution in [2.24, 2.45) is 11.8 Å². The molecule has 0 amide bonds. The summed E-state index contributed by atoms with van der Waals surface area (Å²) in [5, 5.41) is 0. The van der Waals surface area contributed by atoms with Crippen LogP contribution < -0.4 is 0 Å². The lowest BCUT2D eigenvalue weighted by Crippen LogP contribution is -2.10. The molecule has 76 valence electrons. The van der Waals surface area contributed by atoms with E-state index in [4.69, 9.17) is 0 Å². The first kappa shape index (κ1) is 12.4. The van der Waals surface area contributed by atoms with E-state index in [1.54, 1.807) is 6.92 Å². The van der Waals surface area contributed by atoms with Crippen molar-refractivity contribution in [2.45, 2.75) is 47.0 Å². The maximum atomic E-state index is 11.1. The number of rotatable bonds is 6. The zero-order valence-electron chi connectivity index (χ0n) is 9.39. The van der Waals surface area contributed by atoms with Crippen molar-refractivity contribution in [3.05, 3.63) is 12.2 Å². The summed E-state index contributed by atoms with van der Waals surface area (Å²) in [6, 6.07) is 0. The zero-order chi connectivity index (χ0) is 10.4. The fourth-order valence-corrected chi connectivity index (χ4v) is 1.34. The van der Waals surface area contributed by atoms with E-state index >= 15 is 0 Å². The third-order valence-corrected chi connectivity index (χ3v) is 2.70. The van der Waals surface area contributed by atoms with E-state index in [9.17, 15) is 4.79 Å². The van der Waals surface area contributed by atoms with Crippen molar-refractivity contribution in [2.75, 3.05) is 0 Å². The van der Waals surface area contributed by atoms with Gasteiger partial charge in [-0.15, -0.1) is 0 Å². The molecule has 0 rings (SSSR count). The molecular weight excluding hydrogens is 160 g/mol. The number of ketones is 1. The number of hydrogen-bond acceptors (Lipinski definition) is 1. The van der Waals surface area contributed by atoms with Gasteiger partial charge in [0.05, 0.1) is 0 Å². The van der Waals surface area contributed by atoms with Crippen LogP contribution in [0.2, 0.25) is 0 Å². The van der Waals surface area contributed by atoms with E-state index in [0.29, 0.717) is 11.7 Å². The van der Waals surface area contributed by atoms with Crippen molar-refractivity contribution in [3.8, 4) is 0 Å². The van der Waals surface area contributed by atoms with Crippen LogP contribution in [-0.4, -0.2) is 5.78 Å². The van der Waals surface area contributed by atoms with Crippen LogP contribution in [0.25, 0.3) is 0 Å². The molecule has 0 aliphatic rings. The second-order valence-electron chi connectivity index (χ2n) is 4.07. The summed E-state index contributed by atoms with van der Waals surface area (Å²) in [5.74, 6) is 1.11. The molecule has 0 radical (unpaired) electrons. The van der Waals surface area contributed by atoms with Crippen molar-refractivity contribution in [1.29, 1.82) is 0 Å². The maximum absolute atomic E-state index is 11.1. The molecule has 0 unspecified atom stereocenters. The number of allylic oxidation sites excluding steroid dienone is 1. The van der Waals surface area contributed by atoms with Crippen LogP contribution in [0.15, 0.2) is 12.2 Å². The van der Waals surface area contributed by atoms with Crippen LogP contribution in [0, 0.1) is 11.8 Å². The van der Waals surface area contributed by atoms with Crippen LogP contribution in [0.3, 0.4) is 0 Å². The maximum Gasteiger partial charge on any atom is 0.132 e. The van der Waals surface area contributed by atoms with E-state index < -0.39 is 0 Å². The van der Waals surface area contributed by atoms with Crippen LogP contribution in [0.1, 0.15) is 47.0 Å². The summed E-state index contributed by atoms with van der Waals surface area (Å²) in [7, 11) is 0. The first-order valence-corrected chi connectivity index (χ1v) is 5.17. The lowest BCUT2D eigenvalue weighted by Gasteiger charge is -2.14. The summed E-state index contributed by atoms with van der Waals surface area (Å²) in [6.45, 7) is 12.1. The molecule has 0 spiro atoms. The molecule has 1 nitrogen and oxygen atoms in total. The molecule has 0 aromatic rings. The highest BCUT2D eigenvalue weighted by Crippen LogP contribution is 2.19. The van der Waals surface area contributed by atoms with E-state index in [1.807, 2.05) is 0 Å². The number of carbonyl (C=O) groups excluding carboxylic acids is 1. The standard InChI is InChI=1S/C12H22O/c1-6-12(11(5)13)8-7-10(4)9(2)3/h9,12H,4,6-8H2,1-3,5H3/t12-/m0/s1. The van der Waals surface area contributed by atoms with E-state index in [1.165, 1.54) is 5.57 Å². The second-order valence-corrected chi connectivity index (χ2v) is 4.07. The van der Waals surface area contributed by atoms with Gasteiger partial charge in [-0.1, -0.05) is 32.9 Å². The summed E-state index contributed by atoms with van der Waals surface area (Å²) in [5.41, 5.74) is 1.26. The topological polar surface area (TPSA) is 17.1 Å². The predicted octanol–water partition coefficient (Wildman–Crippen LogP) is 3.59. The summed E-state index contributed by atoms with van der Waals surface area (Å²) < 4.78 is 0. The Bertz CT molecular complexity index is 180. The third-order valence-electron chi connectivity index (χ3n) is 2.70. The minimum atomic E-state index is 0.246. The van der Waals surface area contributed by atoms with Gasteiger partial charge in [0.1, 0.15) is 5.78 Å². The summed E-state index contributed by atoms with van der Waals surface area (Å²) in [4.78, 5) is 11.1. The average Bonchev–Trinajstić information content (AvgIpc) is 2.04. The molecule has 0 aliphatic carbocycles. The molecule has 1 atom stereocenters. The lowest BCUT2D eigenvalue weighted by molar-refractivity contribution is -0.121. The second kappa shape index (κ2) is 5.95. The molecule has 0 aromatic heterocycles. The SMILES string of the molecule is C=C(CC[C@H](CC)C(C)=O)C(C)C. The van der Waals surface area contributed by atoms with Gasteiger partial charge in [-0.25, -0.2) is 0 Å². The van der Waals surface area contributed by atoms with Gasteiger partial charge in [0, 0.05) is 5.92 Å². The fourth-order valence-electron chi connectivity index (χ4n) is 1.34. The van der Waals surface area contributed by atoms with Crippen molar-refractivity contribution in [3.63, 3.8) is 0 Å².